The van der Waals surface area contributed by atoms with Crippen molar-refractivity contribution in [3.8, 4) is 0 Å². The minimum absolute atomic E-state index is 0.221. The van der Waals surface area contributed by atoms with Crippen molar-refractivity contribution in [2.45, 2.75) is 44.6 Å². The zero-order valence-electron chi connectivity index (χ0n) is 13.8. The third-order valence-corrected chi connectivity index (χ3v) is 4.75. The summed E-state index contributed by atoms with van der Waals surface area (Å²) >= 11 is 0. The molecule has 0 amide bonds. The Morgan fingerprint density at radius 1 is 1.27 bits per heavy atom. The molecule has 1 saturated heterocycles. The minimum atomic E-state index is 0.221. The van der Waals surface area contributed by atoms with E-state index in [1.54, 1.807) is 7.11 Å². The molecule has 0 bridgehead atoms. The highest BCUT2D eigenvalue weighted by molar-refractivity contribution is 5.04. The van der Waals surface area contributed by atoms with Gasteiger partial charge in [-0.1, -0.05) is 5.16 Å². The summed E-state index contributed by atoms with van der Waals surface area (Å²) in [4.78, 5) is 9.62. The molecule has 0 radical (unpaired) electrons. The van der Waals surface area contributed by atoms with Crippen LogP contribution in [-0.2, 0) is 4.74 Å². The van der Waals surface area contributed by atoms with E-state index in [-0.39, 0.29) is 6.04 Å². The molecule has 1 atom stereocenters. The first-order valence-corrected chi connectivity index (χ1v) is 8.56. The predicted octanol–water partition coefficient (Wildman–Crippen LogP) is 2.05. The number of methoxy groups -OCH3 is 1. The molecule has 1 aliphatic heterocycles. The second kappa shape index (κ2) is 7.53. The van der Waals surface area contributed by atoms with Crippen LogP contribution in [0.2, 0.25) is 0 Å². The quantitative estimate of drug-likeness (QED) is 0.719. The molecule has 1 saturated carbocycles. The van der Waals surface area contributed by atoms with Crippen molar-refractivity contribution < 1.29 is 9.26 Å². The second-order valence-corrected chi connectivity index (χ2v) is 6.52. The van der Waals surface area contributed by atoms with Gasteiger partial charge in [-0.05, 0) is 39.2 Å². The van der Waals surface area contributed by atoms with Gasteiger partial charge in [0, 0.05) is 45.8 Å². The number of hydrogen-bond donors (Lipinski definition) is 0. The van der Waals surface area contributed by atoms with E-state index in [9.17, 15) is 0 Å². The van der Waals surface area contributed by atoms with Crippen LogP contribution in [0.1, 0.15) is 56.3 Å². The topological polar surface area (TPSA) is 54.6 Å². The van der Waals surface area contributed by atoms with Crippen LogP contribution in [0.3, 0.4) is 0 Å². The Kier molecular flexibility index (Phi) is 5.44. The van der Waals surface area contributed by atoms with Gasteiger partial charge in [-0.15, -0.1) is 0 Å². The second-order valence-electron chi connectivity index (χ2n) is 6.52. The lowest BCUT2D eigenvalue weighted by atomic mass is 10.2. The fourth-order valence-corrected chi connectivity index (χ4v) is 3.11. The standard InChI is InChI=1S/C16H28N4O2/c1-13(16-17-15(18-22-16)14-5-6-14)20-9-3-7-19(10-11-20)8-4-12-21-2/h13-14H,3-12H2,1-2H3/t13-/m0/s1. The monoisotopic (exact) mass is 308 g/mol. The van der Waals surface area contributed by atoms with E-state index >= 15 is 0 Å². The van der Waals surface area contributed by atoms with E-state index in [0.29, 0.717) is 5.92 Å². The molecule has 2 aliphatic rings. The van der Waals surface area contributed by atoms with Crippen molar-refractivity contribution in [2.24, 2.45) is 0 Å². The Hall–Kier alpha value is -0.980. The summed E-state index contributed by atoms with van der Waals surface area (Å²) in [7, 11) is 1.77. The van der Waals surface area contributed by atoms with Gasteiger partial charge >= 0.3 is 0 Å². The van der Waals surface area contributed by atoms with Crippen molar-refractivity contribution in [1.29, 1.82) is 0 Å². The lowest BCUT2D eigenvalue weighted by Gasteiger charge is -2.25. The molecular formula is C16H28N4O2. The minimum Gasteiger partial charge on any atom is -0.385 e. The highest BCUT2D eigenvalue weighted by Gasteiger charge is 2.31. The number of aromatic nitrogens is 2. The predicted molar refractivity (Wildman–Crippen MR) is 83.8 cm³/mol. The maximum absolute atomic E-state index is 5.50. The molecule has 0 unspecified atom stereocenters. The SMILES string of the molecule is COCCCN1CCCN([C@@H](C)c2nc(C3CC3)no2)CC1. The van der Waals surface area contributed by atoms with Crippen molar-refractivity contribution in [3.05, 3.63) is 11.7 Å². The van der Waals surface area contributed by atoms with E-state index in [0.717, 1.165) is 50.9 Å². The smallest absolute Gasteiger partial charge is 0.243 e. The van der Waals surface area contributed by atoms with Gasteiger partial charge in [0.15, 0.2) is 5.82 Å². The lowest BCUT2D eigenvalue weighted by Crippen LogP contribution is -2.33. The van der Waals surface area contributed by atoms with Crippen molar-refractivity contribution in [2.75, 3.05) is 46.4 Å². The average molecular weight is 308 g/mol. The van der Waals surface area contributed by atoms with Crippen LogP contribution in [0.5, 0.6) is 0 Å². The van der Waals surface area contributed by atoms with E-state index in [1.165, 1.54) is 25.8 Å². The van der Waals surface area contributed by atoms with Gasteiger partial charge in [0.2, 0.25) is 5.89 Å². The van der Waals surface area contributed by atoms with Gasteiger partial charge in [0.1, 0.15) is 0 Å². The molecule has 6 heteroatoms. The molecule has 0 N–H and O–H groups in total. The summed E-state index contributed by atoms with van der Waals surface area (Å²) in [6.45, 7) is 8.61. The van der Waals surface area contributed by atoms with E-state index in [2.05, 4.69) is 26.9 Å². The highest BCUT2D eigenvalue weighted by Crippen LogP contribution is 2.38. The largest absolute Gasteiger partial charge is 0.385 e. The van der Waals surface area contributed by atoms with Crippen LogP contribution in [0.15, 0.2) is 4.52 Å². The van der Waals surface area contributed by atoms with Crippen LogP contribution in [0, 0.1) is 0 Å². The Balaban J connectivity index is 1.50. The van der Waals surface area contributed by atoms with E-state index in [4.69, 9.17) is 9.26 Å². The van der Waals surface area contributed by atoms with E-state index < -0.39 is 0 Å². The summed E-state index contributed by atoms with van der Waals surface area (Å²) in [6.07, 6.45) is 4.74. The summed E-state index contributed by atoms with van der Waals surface area (Å²) in [5.74, 6) is 2.26. The first-order chi connectivity index (χ1) is 10.8. The van der Waals surface area contributed by atoms with Crippen LogP contribution < -0.4 is 0 Å². The zero-order valence-corrected chi connectivity index (χ0v) is 13.8. The summed E-state index contributed by atoms with van der Waals surface area (Å²) in [6, 6.07) is 0.221. The molecule has 22 heavy (non-hydrogen) atoms. The maximum Gasteiger partial charge on any atom is 0.243 e. The summed E-state index contributed by atoms with van der Waals surface area (Å²) in [5, 5.41) is 4.15. The van der Waals surface area contributed by atoms with Crippen LogP contribution >= 0.6 is 0 Å². The molecular weight excluding hydrogens is 280 g/mol. The van der Waals surface area contributed by atoms with Gasteiger partial charge in [-0.2, -0.15) is 4.98 Å². The molecule has 1 aliphatic carbocycles. The zero-order chi connectivity index (χ0) is 15.4. The molecule has 1 aromatic rings. The van der Waals surface area contributed by atoms with Gasteiger partial charge in [0.05, 0.1) is 6.04 Å². The molecule has 2 fully saturated rings. The normalized spacial score (nSPS) is 22.6. The van der Waals surface area contributed by atoms with E-state index in [1.807, 2.05) is 0 Å². The maximum atomic E-state index is 5.50. The first-order valence-electron chi connectivity index (χ1n) is 8.56. The summed E-state index contributed by atoms with van der Waals surface area (Å²) < 4.78 is 10.6. The molecule has 2 heterocycles. The van der Waals surface area contributed by atoms with Crippen LogP contribution in [0.4, 0.5) is 0 Å². The fraction of sp³-hybridized carbons (Fsp3) is 0.875. The molecule has 3 rings (SSSR count). The first kappa shape index (κ1) is 15.9. The number of rotatable bonds is 7. The molecule has 0 aromatic carbocycles. The Morgan fingerprint density at radius 3 is 2.91 bits per heavy atom. The van der Waals surface area contributed by atoms with Crippen molar-refractivity contribution in [3.63, 3.8) is 0 Å². The highest BCUT2D eigenvalue weighted by atomic mass is 16.5. The Bertz CT molecular complexity index is 461. The lowest BCUT2D eigenvalue weighted by molar-refractivity contribution is 0.162. The van der Waals surface area contributed by atoms with Gasteiger partial charge in [-0.3, -0.25) is 4.90 Å². The number of nitrogens with zero attached hydrogens (tertiary/aromatic N) is 4. The molecule has 1 aromatic heterocycles. The fourth-order valence-electron chi connectivity index (χ4n) is 3.11. The summed E-state index contributed by atoms with van der Waals surface area (Å²) in [5.41, 5.74) is 0. The van der Waals surface area contributed by atoms with Crippen LogP contribution in [0.25, 0.3) is 0 Å². The van der Waals surface area contributed by atoms with Gasteiger partial charge < -0.3 is 14.2 Å². The van der Waals surface area contributed by atoms with Crippen LogP contribution in [-0.4, -0.2) is 66.4 Å². The average Bonchev–Trinajstić information content (AvgIpc) is 3.30. The van der Waals surface area contributed by atoms with Crippen molar-refractivity contribution >= 4 is 0 Å². The third-order valence-electron chi connectivity index (χ3n) is 4.75. The molecule has 0 spiro atoms. The third kappa shape index (κ3) is 4.06. The Labute approximate surface area is 132 Å². The van der Waals surface area contributed by atoms with Crippen molar-refractivity contribution in [1.82, 2.24) is 19.9 Å². The number of hydrogen-bond acceptors (Lipinski definition) is 6. The molecule has 124 valence electrons. The van der Waals surface area contributed by atoms with Gasteiger partial charge in [-0.25, -0.2) is 0 Å². The molecule has 6 nitrogen and oxygen atoms in total. The number of ether oxygens (including phenoxy) is 1. The van der Waals surface area contributed by atoms with Gasteiger partial charge in [0.25, 0.3) is 0 Å². The Morgan fingerprint density at radius 2 is 2.14 bits per heavy atom.